The van der Waals surface area contributed by atoms with Gasteiger partial charge in [0, 0.05) is 30.0 Å². The molecule has 2 aliphatic heterocycles. The molecule has 4 rings (SSSR count). The van der Waals surface area contributed by atoms with E-state index in [0.717, 1.165) is 0 Å². The van der Waals surface area contributed by atoms with Gasteiger partial charge in [-0.25, -0.2) is 10.2 Å². The van der Waals surface area contributed by atoms with Gasteiger partial charge in [-0.3, -0.25) is 14.9 Å². The summed E-state index contributed by atoms with van der Waals surface area (Å²) in [5.74, 6) is -0.209. The van der Waals surface area contributed by atoms with Crippen molar-refractivity contribution < 1.29 is 43.0 Å². The fourth-order valence-corrected chi connectivity index (χ4v) is 4.03. The first-order chi connectivity index (χ1) is 18.4. The first kappa shape index (κ1) is 26.2. The molecule has 0 aliphatic carbocycles. The zero-order valence-corrected chi connectivity index (χ0v) is 20.7. The lowest BCUT2D eigenvalue weighted by Crippen LogP contribution is -2.20. The second-order valence-corrected chi connectivity index (χ2v) is 7.89. The highest BCUT2D eigenvalue weighted by molar-refractivity contribution is 6.36. The second-order valence-electron chi connectivity index (χ2n) is 7.89. The molecule has 38 heavy (non-hydrogen) atoms. The highest BCUT2D eigenvalue weighted by Gasteiger charge is 2.34. The summed E-state index contributed by atoms with van der Waals surface area (Å²) in [4.78, 5) is 40.8. The normalized spacial score (nSPS) is 15.6. The van der Waals surface area contributed by atoms with Gasteiger partial charge in [0.1, 0.15) is 11.7 Å². The molecule has 0 saturated carbocycles. The van der Waals surface area contributed by atoms with E-state index in [1.807, 2.05) is 0 Å². The molecule has 1 N–H and O–H groups in total. The van der Waals surface area contributed by atoms with Gasteiger partial charge in [0.2, 0.25) is 18.3 Å². The predicted molar refractivity (Wildman–Crippen MR) is 131 cm³/mol. The van der Waals surface area contributed by atoms with Crippen LogP contribution < -0.4 is 24.4 Å². The minimum absolute atomic E-state index is 0.0994. The molecule has 1 unspecified atom stereocenters. The molecule has 0 saturated heterocycles. The van der Waals surface area contributed by atoms with Crippen molar-refractivity contribution in [2.45, 2.75) is 25.9 Å². The van der Waals surface area contributed by atoms with Gasteiger partial charge in [-0.1, -0.05) is 17.3 Å². The number of benzene rings is 2. The van der Waals surface area contributed by atoms with Crippen LogP contribution in [0.2, 0.25) is 0 Å². The molecule has 0 spiro atoms. The molecule has 200 valence electrons. The van der Waals surface area contributed by atoms with Crippen molar-refractivity contribution in [3.63, 3.8) is 0 Å². The SMILES string of the molecule is CCOC(=O)C1=NOC(Cc2c(C=NNC(=O)c3ccccc3[N+](=O)[O-])c3c(c(OC)c2OC)OCO3)C1. The quantitative estimate of drug-likeness (QED) is 0.209. The number of carbonyl (C=O) groups is 2. The summed E-state index contributed by atoms with van der Waals surface area (Å²) in [6.45, 7) is 1.79. The van der Waals surface area contributed by atoms with Crippen molar-refractivity contribution >= 4 is 29.5 Å². The Balaban J connectivity index is 1.65. The molecule has 14 nitrogen and oxygen atoms in total. The number of nitro groups is 1. The van der Waals surface area contributed by atoms with Gasteiger partial charge in [-0.2, -0.15) is 5.10 Å². The number of hydrazone groups is 1. The molecule has 2 aromatic rings. The number of nitrogens with one attached hydrogen (secondary N) is 1. The van der Waals surface area contributed by atoms with Gasteiger partial charge >= 0.3 is 5.97 Å². The van der Waals surface area contributed by atoms with E-state index in [-0.39, 0.29) is 60.5 Å². The molecule has 2 heterocycles. The molecule has 14 heteroatoms. The Labute approximate surface area is 216 Å². The van der Waals surface area contributed by atoms with Crippen molar-refractivity contribution in [3.8, 4) is 23.0 Å². The van der Waals surface area contributed by atoms with E-state index < -0.39 is 22.9 Å². The number of hydrogen-bond donors (Lipinski definition) is 1. The number of carbonyl (C=O) groups excluding carboxylic acids is 2. The summed E-state index contributed by atoms with van der Waals surface area (Å²) in [6, 6.07) is 5.50. The third-order valence-corrected chi connectivity index (χ3v) is 5.66. The summed E-state index contributed by atoms with van der Waals surface area (Å²) >= 11 is 0. The number of para-hydroxylation sites is 1. The number of ether oxygens (including phenoxy) is 5. The molecule has 0 radical (unpaired) electrons. The highest BCUT2D eigenvalue weighted by Crippen LogP contribution is 2.52. The molecule has 2 aliphatic rings. The number of nitrogens with zero attached hydrogens (tertiary/aromatic N) is 3. The summed E-state index contributed by atoms with van der Waals surface area (Å²) in [6.07, 6.45) is 1.12. The summed E-state index contributed by atoms with van der Waals surface area (Å²) in [7, 11) is 2.88. The van der Waals surface area contributed by atoms with Crippen molar-refractivity contribution in [2.75, 3.05) is 27.6 Å². The Kier molecular flexibility index (Phi) is 7.89. The van der Waals surface area contributed by atoms with Crippen LogP contribution in [-0.2, 0) is 20.8 Å². The van der Waals surface area contributed by atoms with E-state index in [4.69, 9.17) is 28.5 Å². The number of hydrogen-bond acceptors (Lipinski definition) is 12. The minimum Gasteiger partial charge on any atom is -0.492 e. The van der Waals surface area contributed by atoms with Gasteiger partial charge in [0.25, 0.3) is 11.6 Å². The van der Waals surface area contributed by atoms with Crippen LogP contribution >= 0.6 is 0 Å². The van der Waals surface area contributed by atoms with Crippen molar-refractivity contribution in [2.24, 2.45) is 10.3 Å². The highest BCUT2D eigenvalue weighted by atomic mass is 16.7. The van der Waals surface area contributed by atoms with E-state index in [1.165, 1.54) is 44.7 Å². The number of rotatable bonds is 10. The van der Waals surface area contributed by atoms with Gasteiger partial charge in [-0.05, 0) is 13.0 Å². The van der Waals surface area contributed by atoms with Crippen LogP contribution in [0.5, 0.6) is 23.0 Å². The molecule has 0 bridgehead atoms. The molecule has 0 fully saturated rings. The maximum atomic E-state index is 12.6. The number of nitro benzene ring substituents is 1. The first-order valence-electron chi connectivity index (χ1n) is 11.4. The maximum Gasteiger partial charge on any atom is 0.356 e. The zero-order valence-electron chi connectivity index (χ0n) is 20.7. The zero-order chi connectivity index (χ0) is 27.2. The smallest absolute Gasteiger partial charge is 0.356 e. The van der Waals surface area contributed by atoms with Gasteiger partial charge < -0.3 is 28.5 Å². The average molecular weight is 528 g/mol. The lowest BCUT2D eigenvalue weighted by atomic mass is 9.96. The minimum atomic E-state index is -0.781. The maximum absolute atomic E-state index is 12.6. The topological polar surface area (TPSA) is 169 Å². The lowest BCUT2D eigenvalue weighted by molar-refractivity contribution is -0.385. The first-order valence-corrected chi connectivity index (χ1v) is 11.4. The standard InChI is InChI=1S/C24H24N4O10/c1-4-35-24(30)17-10-13(38-27-17)9-15-16(20-22(37-12-36-20)21(34-3)19(15)33-2)11-25-26-23(29)14-7-5-6-8-18(14)28(31)32/h5-8,11,13H,4,9-10,12H2,1-3H3,(H,26,29). The fraction of sp³-hybridized carbons (Fsp3) is 0.333. The van der Waals surface area contributed by atoms with Crippen LogP contribution in [0.3, 0.4) is 0 Å². The van der Waals surface area contributed by atoms with Crippen molar-refractivity contribution in [1.29, 1.82) is 0 Å². The van der Waals surface area contributed by atoms with Crippen LogP contribution in [0.25, 0.3) is 0 Å². The van der Waals surface area contributed by atoms with E-state index in [0.29, 0.717) is 16.9 Å². The van der Waals surface area contributed by atoms with Crippen LogP contribution in [-0.4, -0.2) is 62.4 Å². The van der Waals surface area contributed by atoms with Gasteiger partial charge in [0.15, 0.2) is 17.2 Å². The second kappa shape index (κ2) is 11.5. The lowest BCUT2D eigenvalue weighted by Gasteiger charge is -2.19. The number of amides is 1. The molecule has 1 amide bonds. The fourth-order valence-electron chi connectivity index (χ4n) is 4.03. The number of oxime groups is 1. The Morgan fingerprint density at radius 3 is 2.66 bits per heavy atom. The van der Waals surface area contributed by atoms with Gasteiger partial charge in [0.05, 0.1) is 32.0 Å². The van der Waals surface area contributed by atoms with Crippen LogP contribution in [0.15, 0.2) is 34.5 Å². The Morgan fingerprint density at radius 1 is 1.21 bits per heavy atom. The van der Waals surface area contributed by atoms with Crippen molar-refractivity contribution in [3.05, 3.63) is 51.1 Å². The van der Waals surface area contributed by atoms with Crippen LogP contribution in [0, 0.1) is 10.1 Å². The molecular weight excluding hydrogens is 504 g/mol. The Bertz CT molecular complexity index is 1320. The molecule has 1 atom stereocenters. The van der Waals surface area contributed by atoms with E-state index in [2.05, 4.69) is 15.7 Å². The van der Waals surface area contributed by atoms with E-state index >= 15 is 0 Å². The third kappa shape index (κ3) is 5.14. The predicted octanol–water partition coefficient (Wildman–Crippen LogP) is 2.36. The van der Waals surface area contributed by atoms with Crippen LogP contribution in [0.4, 0.5) is 5.69 Å². The number of esters is 1. The van der Waals surface area contributed by atoms with E-state index in [1.54, 1.807) is 6.92 Å². The Morgan fingerprint density at radius 2 is 1.95 bits per heavy atom. The molecule has 0 aromatic heterocycles. The summed E-state index contributed by atoms with van der Waals surface area (Å²) < 4.78 is 27.4. The molecular formula is C24H24N4O10. The van der Waals surface area contributed by atoms with Gasteiger partial charge in [-0.15, -0.1) is 0 Å². The number of fused-ring (bicyclic) bond motifs is 1. The van der Waals surface area contributed by atoms with Crippen LogP contribution in [0.1, 0.15) is 34.8 Å². The number of methoxy groups -OCH3 is 2. The Hall–Kier alpha value is -4.88. The largest absolute Gasteiger partial charge is 0.492 e. The monoisotopic (exact) mass is 528 g/mol. The third-order valence-electron chi connectivity index (χ3n) is 5.66. The molecule has 2 aromatic carbocycles. The summed E-state index contributed by atoms with van der Waals surface area (Å²) in [5.41, 5.74) is 2.83. The summed E-state index contributed by atoms with van der Waals surface area (Å²) in [5, 5.41) is 19.1. The van der Waals surface area contributed by atoms with Crippen molar-refractivity contribution in [1.82, 2.24) is 5.43 Å². The average Bonchev–Trinajstić information content (AvgIpc) is 3.59. The van der Waals surface area contributed by atoms with E-state index in [9.17, 15) is 19.7 Å².